The molecular weight excluding hydrogens is 358 g/mol. The Morgan fingerprint density at radius 1 is 1.39 bits per heavy atom. The third-order valence-electron chi connectivity index (χ3n) is 3.98. The predicted molar refractivity (Wildman–Crippen MR) is 93.5 cm³/mol. The monoisotopic (exact) mass is 381 g/mol. The lowest BCUT2D eigenvalue weighted by atomic mass is 10.1. The van der Waals surface area contributed by atoms with Gasteiger partial charge in [-0.1, -0.05) is 41.9 Å². The molecule has 3 N–H and O–H groups in total. The van der Waals surface area contributed by atoms with Crippen molar-refractivity contribution in [2.75, 3.05) is 6.54 Å². The molecule has 0 unspecified atom stereocenters. The van der Waals surface area contributed by atoms with Crippen LogP contribution in [0, 0.1) is 5.92 Å². The maximum Gasteiger partial charge on any atom is 0.242 e. The average molecular weight is 382 g/mol. The minimum Gasteiger partial charge on any atom is -0.346 e. The van der Waals surface area contributed by atoms with Crippen LogP contribution in [0.2, 0.25) is 0 Å². The Balaban J connectivity index is 1.93. The number of carbonyl (C=O) groups is 2. The van der Waals surface area contributed by atoms with Gasteiger partial charge in [0.15, 0.2) is 0 Å². The van der Waals surface area contributed by atoms with Gasteiger partial charge >= 0.3 is 0 Å². The van der Waals surface area contributed by atoms with Gasteiger partial charge in [-0.2, -0.15) is 0 Å². The zero-order valence-electron chi connectivity index (χ0n) is 13.6. The van der Waals surface area contributed by atoms with E-state index in [0.717, 1.165) is 22.9 Å². The zero-order valence-corrected chi connectivity index (χ0v) is 15.2. The van der Waals surface area contributed by atoms with Crippen molar-refractivity contribution in [2.45, 2.75) is 45.3 Å². The Morgan fingerprint density at radius 2 is 2.09 bits per heavy atom. The number of nitrogens with two attached hydrogens (primary N) is 1. The van der Waals surface area contributed by atoms with Gasteiger partial charge in [0.1, 0.15) is 0 Å². The van der Waals surface area contributed by atoms with Gasteiger partial charge in [-0.15, -0.1) is 0 Å². The quantitative estimate of drug-likeness (QED) is 0.758. The van der Waals surface area contributed by atoms with Gasteiger partial charge in [-0.3, -0.25) is 9.59 Å². The summed E-state index contributed by atoms with van der Waals surface area (Å²) in [6.07, 6.45) is 2.05. The second kappa shape index (κ2) is 7.93. The lowest BCUT2D eigenvalue weighted by Crippen LogP contribution is -2.48. The van der Waals surface area contributed by atoms with Crippen molar-refractivity contribution in [2.24, 2.45) is 11.7 Å². The Labute approximate surface area is 145 Å². The molecule has 6 heteroatoms. The maximum absolute atomic E-state index is 12.5. The molecule has 5 nitrogen and oxygen atoms in total. The van der Waals surface area contributed by atoms with E-state index in [1.807, 2.05) is 43.0 Å². The molecule has 1 aromatic rings. The summed E-state index contributed by atoms with van der Waals surface area (Å²) in [5.41, 5.74) is 6.87. The van der Waals surface area contributed by atoms with E-state index in [0.29, 0.717) is 6.54 Å². The molecule has 1 aliphatic carbocycles. The molecule has 1 fully saturated rings. The number of hydrogen-bond acceptors (Lipinski definition) is 3. The van der Waals surface area contributed by atoms with E-state index in [9.17, 15) is 9.59 Å². The van der Waals surface area contributed by atoms with E-state index in [1.165, 1.54) is 0 Å². The fraction of sp³-hybridized carbons (Fsp3) is 0.529. The van der Waals surface area contributed by atoms with Gasteiger partial charge in [0, 0.05) is 17.1 Å². The molecule has 0 saturated heterocycles. The van der Waals surface area contributed by atoms with Gasteiger partial charge in [0.25, 0.3) is 0 Å². The minimum absolute atomic E-state index is 0.00373. The molecule has 0 heterocycles. The fourth-order valence-corrected chi connectivity index (χ4v) is 2.77. The molecule has 0 bridgehead atoms. The largest absolute Gasteiger partial charge is 0.346 e. The van der Waals surface area contributed by atoms with Crippen molar-refractivity contribution in [1.29, 1.82) is 0 Å². The van der Waals surface area contributed by atoms with E-state index < -0.39 is 6.04 Å². The second-order valence-corrected chi connectivity index (χ2v) is 7.29. The van der Waals surface area contributed by atoms with E-state index >= 15 is 0 Å². The summed E-state index contributed by atoms with van der Waals surface area (Å²) in [5, 5.41) is 2.66. The summed E-state index contributed by atoms with van der Waals surface area (Å²) in [7, 11) is 0. The summed E-state index contributed by atoms with van der Waals surface area (Å²) in [6.45, 7) is 4.34. The first kappa shape index (κ1) is 17.9. The van der Waals surface area contributed by atoms with Gasteiger partial charge in [-0.25, -0.2) is 0 Å². The van der Waals surface area contributed by atoms with Crippen LogP contribution in [0.15, 0.2) is 28.7 Å². The van der Waals surface area contributed by atoms with Crippen molar-refractivity contribution >= 4 is 27.7 Å². The smallest absolute Gasteiger partial charge is 0.242 e. The highest BCUT2D eigenvalue weighted by Crippen LogP contribution is 2.28. The van der Waals surface area contributed by atoms with Crippen molar-refractivity contribution in [3.05, 3.63) is 34.3 Å². The molecule has 2 amide bonds. The normalized spacial score (nSPS) is 15.3. The molecule has 126 valence electrons. The van der Waals surface area contributed by atoms with Crippen molar-refractivity contribution < 1.29 is 9.59 Å². The van der Waals surface area contributed by atoms with E-state index in [4.69, 9.17) is 5.73 Å². The highest BCUT2D eigenvalue weighted by molar-refractivity contribution is 9.10. The maximum atomic E-state index is 12.5. The third kappa shape index (κ3) is 5.32. The summed E-state index contributed by atoms with van der Waals surface area (Å²) < 4.78 is 0.995. The van der Waals surface area contributed by atoms with Crippen molar-refractivity contribution in [3.63, 3.8) is 0 Å². The predicted octanol–water partition coefficient (Wildman–Crippen LogP) is 2.04. The number of nitrogens with zero attached hydrogens (tertiary/aromatic N) is 1. The standard InChI is InChI=1S/C17H24BrN3O2/c1-11(2)16(19)17(23)20-9-15(22)21(14-6-7-14)10-12-4-3-5-13(18)8-12/h3-5,8,11,14,16H,6-7,9-10,19H2,1-2H3,(H,20,23)/t16-/m0/s1. The molecule has 0 radical (unpaired) electrons. The van der Waals surface area contributed by atoms with Crippen molar-refractivity contribution in [3.8, 4) is 0 Å². The van der Waals surface area contributed by atoms with Crippen LogP contribution in [0.3, 0.4) is 0 Å². The van der Waals surface area contributed by atoms with Gasteiger partial charge in [0.05, 0.1) is 12.6 Å². The highest BCUT2D eigenvalue weighted by atomic mass is 79.9. The Kier molecular flexibility index (Phi) is 6.18. The Bertz CT molecular complexity index is 573. The molecular formula is C17H24BrN3O2. The average Bonchev–Trinajstić information content (AvgIpc) is 3.33. The summed E-state index contributed by atoms with van der Waals surface area (Å²) in [4.78, 5) is 26.2. The molecule has 1 atom stereocenters. The molecule has 2 rings (SSSR count). The Morgan fingerprint density at radius 3 is 2.65 bits per heavy atom. The molecule has 0 aliphatic heterocycles. The number of hydrogen-bond donors (Lipinski definition) is 2. The van der Waals surface area contributed by atoms with Crippen LogP contribution >= 0.6 is 15.9 Å². The third-order valence-corrected chi connectivity index (χ3v) is 4.48. The van der Waals surface area contributed by atoms with Crippen LogP contribution in [0.5, 0.6) is 0 Å². The fourth-order valence-electron chi connectivity index (χ4n) is 2.32. The minimum atomic E-state index is -0.581. The number of amides is 2. The van der Waals surface area contributed by atoms with Crippen LogP contribution in [0.4, 0.5) is 0 Å². The molecule has 1 saturated carbocycles. The topological polar surface area (TPSA) is 75.4 Å². The summed E-state index contributed by atoms with van der Waals surface area (Å²) in [5.74, 6) is -0.283. The molecule has 1 aliphatic rings. The number of nitrogens with one attached hydrogen (secondary N) is 1. The van der Waals surface area contributed by atoms with Gasteiger partial charge in [-0.05, 0) is 36.5 Å². The first-order valence-corrected chi connectivity index (χ1v) is 8.75. The van der Waals surface area contributed by atoms with Crippen LogP contribution in [0.1, 0.15) is 32.3 Å². The Hall–Kier alpha value is -1.40. The highest BCUT2D eigenvalue weighted by Gasteiger charge is 2.32. The first-order chi connectivity index (χ1) is 10.9. The van der Waals surface area contributed by atoms with E-state index in [2.05, 4.69) is 21.2 Å². The van der Waals surface area contributed by atoms with E-state index in [1.54, 1.807) is 0 Å². The van der Waals surface area contributed by atoms with Crippen LogP contribution in [-0.2, 0) is 16.1 Å². The van der Waals surface area contributed by atoms with Gasteiger partial charge in [0.2, 0.25) is 11.8 Å². The molecule has 0 aromatic heterocycles. The number of carbonyl (C=O) groups excluding carboxylic acids is 2. The summed E-state index contributed by atoms with van der Waals surface area (Å²) >= 11 is 3.45. The van der Waals surface area contributed by atoms with Crippen molar-refractivity contribution in [1.82, 2.24) is 10.2 Å². The number of rotatable bonds is 7. The van der Waals surface area contributed by atoms with Crippen LogP contribution in [-0.4, -0.2) is 35.3 Å². The number of benzene rings is 1. The zero-order chi connectivity index (χ0) is 17.0. The number of halogens is 1. The second-order valence-electron chi connectivity index (χ2n) is 6.37. The lowest BCUT2D eigenvalue weighted by molar-refractivity contribution is -0.134. The summed E-state index contributed by atoms with van der Waals surface area (Å²) in [6, 6.07) is 7.63. The van der Waals surface area contributed by atoms with Crippen LogP contribution in [0.25, 0.3) is 0 Å². The van der Waals surface area contributed by atoms with Crippen LogP contribution < -0.4 is 11.1 Å². The molecule has 0 spiro atoms. The molecule has 1 aromatic carbocycles. The van der Waals surface area contributed by atoms with Gasteiger partial charge < -0.3 is 16.0 Å². The SMILES string of the molecule is CC(C)[C@H](N)C(=O)NCC(=O)N(Cc1cccc(Br)c1)C1CC1. The first-order valence-electron chi connectivity index (χ1n) is 7.95. The molecule has 23 heavy (non-hydrogen) atoms. The van der Waals surface area contributed by atoms with E-state index in [-0.39, 0.29) is 30.3 Å². The lowest BCUT2D eigenvalue weighted by Gasteiger charge is -2.23.